The maximum Gasteiger partial charge on any atom is 0.225 e. The summed E-state index contributed by atoms with van der Waals surface area (Å²) in [6.07, 6.45) is 0.264. The van der Waals surface area contributed by atoms with Crippen LogP contribution in [0.2, 0.25) is 0 Å². The number of hydrogen-bond donors (Lipinski definition) is 2. The van der Waals surface area contributed by atoms with Crippen LogP contribution >= 0.6 is 0 Å². The first kappa shape index (κ1) is 15.2. The molecule has 0 heterocycles. The van der Waals surface area contributed by atoms with Crippen LogP contribution in [0.25, 0.3) is 0 Å². The van der Waals surface area contributed by atoms with Gasteiger partial charge < -0.3 is 11.1 Å². The van der Waals surface area contributed by atoms with Gasteiger partial charge in [-0.3, -0.25) is 4.79 Å². The van der Waals surface area contributed by atoms with Gasteiger partial charge in [0.15, 0.2) is 0 Å². The first-order valence-electron chi connectivity index (χ1n) is 6.30. The summed E-state index contributed by atoms with van der Waals surface area (Å²) in [4.78, 5) is 11.9. The number of hydrogen-bond acceptors (Lipinski definition) is 3. The molecular formula is C15H21N3O. The zero-order chi connectivity index (χ0) is 14.6. The summed E-state index contributed by atoms with van der Waals surface area (Å²) in [5, 5.41) is 11.7. The highest BCUT2D eigenvalue weighted by Crippen LogP contribution is 2.21. The van der Waals surface area contributed by atoms with Crippen molar-refractivity contribution in [3.8, 4) is 6.07 Å². The summed E-state index contributed by atoms with van der Waals surface area (Å²) >= 11 is 0. The van der Waals surface area contributed by atoms with E-state index >= 15 is 0 Å². The highest BCUT2D eigenvalue weighted by atomic mass is 16.1. The van der Waals surface area contributed by atoms with Gasteiger partial charge in [-0.05, 0) is 30.0 Å². The molecular weight excluding hydrogens is 238 g/mol. The molecule has 1 atom stereocenters. The van der Waals surface area contributed by atoms with Gasteiger partial charge in [-0.15, -0.1) is 0 Å². The van der Waals surface area contributed by atoms with E-state index in [9.17, 15) is 4.79 Å². The molecule has 0 bridgehead atoms. The molecule has 1 rings (SSSR count). The normalized spacial score (nSPS) is 12.6. The minimum Gasteiger partial charge on any atom is -0.327 e. The molecule has 4 nitrogen and oxygen atoms in total. The summed E-state index contributed by atoms with van der Waals surface area (Å²) in [7, 11) is 0. The molecule has 0 radical (unpaired) electrons. The number of benzene rings is 1. The Bertz CT molecular complexity index is 509. The first-order valence-corrected chi connectivity index (χ1v) is 6.30. The number of amides is 1. The summed E-state index contributed by atoms with van der Waals surface area (Å²) in [5.41, 5.74) is 8.00. The second-order valence-corrected chi connectivity index (χ2v) is 5.87. The Morgan fingerprint density at radius 3 is 2.63 bits per heavy atom. The van der Waals surface area contributed by atoms with Crippen molar-refractivity contribution in [2.75, 3.05) is 5.32 Å². The minimum absolute atomic E-state index is 0.110. The van der Waals surface area contributed by atoms with Crippen molar-refractivity contribution in [1.29, 1.82) is 5.26 Å². The van der Waals surface area contributed by atoms with Crippen LogP contribution in [-0.4, -0.2) is 11.9 Å². The van der Waals surface area contributed by atoms with E-state index in [1.807, 2.05) is 33.8 Å². The standard InChI is InChI=1S/C15H21N3O/c1-10-5-6-11(9-16)7-12(10)18-14(19)8-13(17)15(2,3)4/h5-7,13H,8,17H2,1-4H3,(H,18,19). The summed E-state index contributed by atoms with van der Waals surface area (Å²) in [6, 6.07) is 7.08. The lowest BCUT2D eigenvalue weighted by Gasteiger charge is -2.26. The monoisotopic (exact) mass is 259 g/mol. The Balaban J connectivity index is 2.75. The Labute approximate surface area is 114 Å². The third-order valence-electron chi connectivity index (χ3n) is 3.16. The van der Waals surface area contributed by atoms with Crippen molar-refractivity contribution in [3.63, 3.8) is 0 Å². The van der Waals surface area contributed by atoms with Gasteiger partial charge in [-0.2, -0.15) is 5.26 Å². The highest BCUT2D eigenvalue weighted by molar-refractivity contribution is 5.92. The molecule has 0 aliphatic heterocycles. The van der Waals surface area contributed by atoms with Gasteiger partial charge in [0.05, 0.1) is 11.6 Å². The number of nitrogens with zero attached hydrogens (tertiary/aromatic N) is 1. The molecule has 0 aliphatic carbocycles. The zero-order valence-corrected chi connectivity index (χ0v) is 11.9. The summed E-state index contributed by atoms with van der Waals surface area (Å²) in [6.45, 7) is 7.91. The van der Waals surface area contributed by atoms with Crippen LogP contribution in [0.3, 0.4) is 0 Å². The molecule has 1 aromatic carbocycles. The van der Waals surface area contributed by atoms with E-state index in [1.54, 1.807) is 12.1 Å². The largest absolute Gasteiger partial charge is 0.327 e. The molecule has 1 aromatic rings. The number of anilines is 1. The van der Waals surface area contributed by atoms with E-state index in [0.717, 1.165) is 5.56 Å². The van der Waals surface area contributed by atoms with E-state index in [1.165, 1.54) is 0 Å². The van der Waals surface area contributed by atoms with Gasteiger partial charge in [-0.25, -0.2) is 0 Å². The van der Waals surface area contributed by atoms with Crippen molar-refractivity contribution in [2.24, 2.45) is 11.1 Å². The molecule has 1 unspecified atom stereocenters. The number of carbonyl (C=O) groups is 1. The Kier molecular flexibility index (Phi) is 4.68. The van der Waals surface area contributed by atoms with Crippen LogP contribution < -0.4 is 11.1 Å². The van der Waals surface area contributed by atoms with E-state index in [0.29, 0.717) is 11.3 Å². The lowest BCUT2D eigenvalue weighted by Crippen LogP contribution is -2.38. The number of nitrogens with two attached hydrogens (primary N) is 1. The van der Waals surface area contributed by atoms with Crippen molar-refractivity contribution >= 4 is 11.6 Å². The van der Waals surface area contributed by atoms with Gasteiger partial charge in [0.2, 0.25) is 5.91 Å². The molecule has 0 fully saturated rings. The Morgan fingerprint density at radius 2 is 2.11 bits per heavy atom. The lowest BCUT2D eigenvalue weighted by atomic mass is 9.85. The third kappa shape index (κ3) is 4.38. The minimum atomic E-state index is -0.202. The molecule has 0 aromatic heterocycles. The van der Waals surface area contributed by atoms with Crippen LogP contribution in [-0.2, 0) is 4.79 Å². The van der Waals surface area contributed by atoms with Crippen molar-refractivity contribution < 1.29 is 4.79 Å². The van der Waals surface area contributed by atoms with Gasteiger partial charge in [0.25, 0.3) is 0 Å². The van der Waals surface area contributed by atoms with E-state index in [4.69, 9.17) is 11.0 Å². The van der Waals surface area contributed by atoms with Crippen molar-refractivity contribution in [3.05, 3.63) is 29.3 Å². The average molecular weight is 259 g/mol. The van der Waals surface area contributed by atoms with Crippen LogP contribution in [0.5, 0.6) is 0 Å². The average Bonchev–Trinajstić information content (AvgIpc) is 2.30. The fourth-order valence-corrected chi connectivity index (χ4v) is 1.53. The molecule has 102 valence electrons. The lowest BCUT2D eigenvalue weighted by molar-refractivity contribution is -0.117. The predicted molar refractivity (Wildman–Crippen MR) is 76.6 cm³/mol. The topological polar surface area (TPSA) is 78.9 Å². The van der Waals surface area contributed by atoms with Crippen LogP contribution in [0.4, 0.5) is 5.69 Å². The molecule has 19 heavy (non-hydrogen) atoms. The van der Waals surface area contributed by atoms with E-state index in [2.05, 4.69) is 11.4 Å². The molecule has 1 amide bonds. The Morgan fingerprint density at radius 1 is 1.47 bits per heavy atom. The molecule has 0 aliphatic rings. The molecule has 0 saturated carbocycles. The number of nitrogens with one attached hydrogen (secondary N) is 1. The number of nitriles is 1. The maximum atomic E-state index is 11.9. The second-order valence-electron chi connectivity index (χ2n) is 5.87. The first-order chi connectivity index (χ1) is 8.74. The molecule has 3 N–H and O–H groups in total. The maximum absolute atomic E-state index is 11.9. The Hall–Kier alpha value is -1.86. The fourth-order valence-electron chi connectivity index (χ4n) is 1.53. The van der Waals surface area contributed by atoms with Crippen molar-refractivity contribution in [1.82, 2.24) is 0 Å². The summed E-state index contributed by atoms with van der Waals surface area (Å²) < 4.78 is 0. The SMILES string of the molecule is Cc1ccc(C#N)cc1NC(=O)CC(N)C(C)(C)C. The van der Waals surface area contributed by atoms with Crippen molar-refractivity contribution in [2.45, 2.75) is 40.2 Å². The number of aryl methyl sites for hydroxylation is 1. The summed E-state index contributed by atoms with van der Waals surface area (Å²) in [5.74, 6) is -0.124. The predicted octanol–water partition coefficient (Wildman–Crippen LogP) is 2.57. The molecule has 0 saturated heterocycles. The third-order valence-corrected chi connectivity index (χ3v) is 3.16. The van der Waals surface area contributed by atoms with Crippen LogP contribution in [0.1, 0.15) is 38.3 Å². The quantitative estimate of drug-likeness (QED) is 0.875. The molecule has 0 spiro atoms. The number of rotatable bonds is 3. The van der Waals surface area contributed by atoms with Crippen LogP contribution in [0.15, 0.2) is 18.2 Å². The smallest absolute Gasteiger partial charge is 0.225 e. The van der Waals surface area contributed by atoms with Gasteiger partial charge in [0, 0.05) is 18.2 Å². The van der Waals surface area contributed by atoms with Gasteiger partial charge in [-0.1, -0.05) is 26.8 Å². The van der Waals surface area contributed by atoms with Crippen LogP contribution in [0, 0.1) is 23.7 Å². The number of carbonyl (C=O) groups excluding carboxylic acids is 1. The molecule has 4 heteroatoms. The fraction of sp³-hybridized carbons (Fsp3) is 0.467. The highest BCUT2D eigenvalue weighted by Gasteiger charge is 2.23. The second kappa shape index (κ2) is 5.85. The van der Waals surface area contributed by atoms with E-state index < -0.39 is 0 Å². The zero-order valence-electron chi connectivity index (χ0n) is 11.9. The van der Waals surface area contributed by atoms with E-state index in [-0.39, 0.29) is 23.8 Å². The van der Waals surface area contributed by atoms with Gasteiger partial charge >= 0.3 is 0 Å². The van der Waals surface area contributed by atoms with Gasteiger partial charge in [0.1, 0.15) is 0 Å².